The predicted molar refractivity (Wildman–Crippen MR) is 62.3 cm³/mol. The van der Waals surface area contributed by atoms with Crippen LogP contribution in [0.1, 0.15) is 25.8 Å². The Kier molecular flexibility index (Phi) is 4.99. The van der Waals surface area contributed by atoms with Crippen LogP contribution in [-0.4, -0.2) is 17.5 Å². The van der Waals surface area contributed by atoms with E-state index in [0.717, 1.165) is 6.42 Å². The minimum absolute atomic E-state index is 0.0290. The van der Waals surface area contributed by atoms with E-state index in [2.05, 4.69) is 0 Å². The quantitative estimate of drug-likeness (QED) is 0.802. The second-order valence-electron chi connectivity index (χ2n) is 3.83. The zero-order valence-electron chi connectivity index (χ0n) is 9.77. The Hall–Kier alpha value is -1.35. The molecular weight excluding hydrogens is 204 g/mol. The van der Waals surface area contributed by atoms with Crippen LogP contribution in [0.5, 0.6) is 5.75 Å². The molecule has 0 aliphatic heterocycles. The summed E-state index contributed by atoms with van der Waals surface area (Å²) in [6, 6.07) is 7.19. The maximum Gasteiger partial charge on any atom is 0.172 e. The topological polar surface area (TPSA) is 46.5 Å². The molecule has 1 aromatic carbocycles. The van der Waals surface area contributed by atoms with Crippen molar-refractivity contribution in [2.75, 3.05) is 6.61 Å². The summed E-state index contributed by atoms with van der Waals surface area (Å²) in [6.07, 6.45) is 0.823. The van der Waals surface area contributed by atoms with Crippen LogP contribution >= 0.6 is 0 Å². The lowest BCUT2D eigenvalue weighted by atomic mass is 10.0. The molecule has 0 saturated heterocycles. The van der Waals surface area contributed by atoms with Gasteiger partial charge in [-0.3, -0.25) is 4.79 Å². The monoisotopic (exact) mass is 222 g/mol. The Morgan fingerprint density at radius 3 is 2.75 bits per heavy atom. The Labute approximate surface area is 96.1 Å². The molecule has 0 spiro atoms. The molecular formula is C13H18O3. The number of carbonyl (C=O) groups excluding carboxylic acids is 1. The number of aliphatic hydroxyl groups is 1. The number of carbonyl (C=O) groups is 1. The van der Waals surface area contributed by atoms with Gasteiger partial charge in [0.15, 0.2) is 5.78 Å². The summed E-state index contributed by atoms with van der Waals surface area (Å²) in [4.78, 5) is 11.6. The number of hydrogen-bond acceptors (Lipinski definition) is 3. The second-order valence-corrected chi connectivity index (χ2v) is 3.83. The van der Waals surface area contributed by atoms with Gasteiger partial charge in [-0.2, -0.15) is 0 Å². The molecule has 1 aromatic rings. The minimum atomic E-state index is -0.0757. The van der Waals surface area contributed by atoms with Crippen molar-refractivity contribution in [1.29, 1.82) is 0 Å². The number of para-hydroxylation sites is 1. The van der Waals surface area contributed by atoms with Crippen LogP contribution in [0, 0.1) is 5.92 Å². The molecule has 1 unspecified atom stereocenters. The molecule has 88 valence electrons. The van der Waals surface area contributed by atoms with Gasteiger partial charge >= 0.3 is 0 Å². The molecule has 0 amide bonds. The molecule has 3 nitrogen and oxygen atoms in total. The first-order valence-corrected chi connectivity index (χ1v) is 5.53. The van der Waals surface area contributed by atoms with E-state index < -0.39 is 0 Å². The van der Waals surface area contributed by atoms with E-state index in [1.54, 1.807) is 12.1 Å². The van der Waals surface area contributed by atoms with E-state index in [1.807, 2.05) is 26.0 Å². The van der Waals surface area contributed by atoms with Crippen LogP contribution in [0.4, 0.5) is 0 Å². The molecule has 3 heteroatoms. The number of benzene rings is 1. The van der Waals surface area contributed by atoms with Gasteiger partial charge in [0.05, 0.1) is 6.61 Å². The highest BCUT2D eigenvalue weighted by molar-refractivity contribution is 5.82. The number of ether oxygens (including phenoxy) is 1. The van der Waals surface area contributed by atoms with Gasteiger partial charge in [0, 0.05) is 11.5 Å². The first-order valence-electron chi connectivity index (χ1n) is 5.53. The summed E-state index contributed by atoms with van der Waals surface area (Å²) < 4.78 is 5.40. The van der Waals surface area contributed by atoms with Crippen molar-refractivity contribution in [2.24, 2.45) is 5.92 Å². The average Bonchev–Trinajstić information content (AvgIpc) is 2.35. The van der Waals surface area contributed by atoms with Gasteiger partial charge < -0.3 is 9.84 Å². The smallest absolute Gasteiger partial charge is 0.172 e. The van der Waals surface area contributed by atoms with E-state index in [-0.39, 0.29) is 24.9 Å². The molecule has 0 saturated carbocycles. The van der Waals surface area contributed by atoms with E-state index in [9.17, 15) is 4.79 Å². The van der Waals surface area contributed by atoms with Gasteiger partial charge in [-0.1, -0.05) is 32.0 Å². The number of ketones is 1. The highest BCUT2D eigenvalue weighted by Crippen LogP contribution is 2.18. The maximum absolute atomic E-state index is 11.6. The lowest BCUT2D eigenvalue weighted by Crippen LogP contribution is -2.19. The van der Waals surface area contributed by atoms with E-state index in [0.29, 0.717) is 11.3 Å². The zero-order valence-corrected chi connectivity index (χ0v) is 9.77. The van der Waals surface area contributed by atoms with Gasteiger partial charge in [0.2, 0.25) is 0 Å². The average molecular weight is 222 g/mol. The van der Waals surface area contributed by atoms with Crippen LogP contribution in [0.2, 0.25) is 0 Å². The first kappa shape index (κ1) is 12.7. The highest BCUT2D eigenvalue weighted by Gasteiger charge is 2.12. The van der Waals surface area contributed by atoms with Crippen molar-refractivity contribution in [3.05, 3.63) is 29.8 Å². The Morgan fingerprint density at radius 1 is 1.44 bits per heavy atom. The third-order valence-corrected chi connectivity index (χ3v) is 2.67. The molecule has 1 N–H and O–H groups in total. The lowest BCUT2D eigenvalue weighted by molar-refractivity contribution is -0.124. The molecule has 0 aliphatic rings. The lowest BCUT2D eigenvalue weighted by Gasteiger charge is -2.11. The van der Waals surface area contributed by atoms with Gasteiger partial charge in [0.25, 0.3) is 0 Å². The molecule has 16 heavy (non-hydrogen) atoms. The molecule has 0 radical (unpaired) electrons. The molecule has 0 heterocycles. The van der Waals surface area contributed by atoms with E-state index >= 15 is 0 Å². The van der Waals surface area contributed by atoms with Crippen molar-refractivity contribution in [1.82, 2.24) is 0 Å². The summed E-state index contributed by atoms with van der Waals surface area (Å²) in [5.41, 5.74) is 0.708. The van der Waals surface area contributed by atoms with Gasteiger partial charge in [0.1, 0.15) is 12.4 Å². The first-order chi connectivity index (χ1) is 7.69. The number of Topliss-reactive ketones (excluding diaryl/α,β-unsaturated/α-hetero) is 1. The molecule has 0 fully saturated rings. The molecule has 0 aliphatic carbocycles. The van der Waals surface area contributed by atoms with Crippen LogP contribution < -0.4 is 4.74 Å². The molecule has 1 rings (SSSR count). The third-order valence-electron chi connectivity index (χ3n) is 2.67. The van der Waals surface area contributed by atoms with Crippen molar-refractivity contribution in [2.45, 2.75) is 26.9 Å². The van der Waals surface area contributed by atoms with Crippen LogP contribution in [0.3, 0.4) is 0 Å². The van der Waals surface area contributed by atoms with Crippen molar-refractivity contribution >= 4 is 5.78 Å². The van der Waals surface area contributed by atoms with Gasteiger partial charge in [-0.15, -0.1) is 0 Å². The maximum atomic E-state index is 11.6. The SMILES string of the molecule is CCC(C)C(=O)COc1ccccc1CO. The predicted octanol–water partition coefficient (Wildman–Crippen LogP) is 2.17. The van der Waals surface area contributed by atoms with Crippen LogP contribution in [-0.2, 0) is 11.4 Å². The fourth-order valence-electron chi connectivity index (χ4n) is 1.29. The minimum Gasteiger partial charge on any atom is -0.485 e. The summed E-state index contributed by atoms with van der Waals surface area (Å²) in [5, 5.41) is 9.07. The summed E-state index contributed by atoms with van der Waals surface area (Å²) in [6.45, 7) is 3.87. The number of aliphatic hydroxyl groups excluding tert-OH is 1. The summed E-state index contributed by atoms with van der Waals surface area (Å²) in [7, 11) is 0. The molecule has 1 atom stereocenters. The Morgan fingerprint density at radius 2 is 2.12 bits per heavy atom. The zero-order chi connectivity index (χ0) is 12.0. The van der Waals surface area contributed by atoms with Crippen molar-refractivity contribution in [3.8, 4) is 5.75 Å². The highest BCUT2D eigenvalue weighted by atomic mass is 16.5. The van der Waals surface area contributed by atoms with Crippen molar-refractivity contribution < 1.29 is 14.6 Å². The third kappa shape index (κ3) is 3.35. The Bertz CT molecular complexity index is 347. The fraction of sp³-hybridized carbons (Fsp3) is 0.462. The summed E-state index contributed by atoms with van der Waals surface area (Å²) >= 11 is 0. The number of hydrogen-bond donors (Lipinski definition) is 1. The standard InChI is InChI=1S/C13H18O3/c1-3-10(2)12(15)9-16-13-7-5-4-6-11(13)8-14/h4-7,10,14H,3,8-9H2,1-2H3. The molecule has 0 aromatic heterocycles. The normalized spacial score (nSPS) is 12.2. The fourth-order valence-corrected chi connectivity index (χ4v) is 1.29. The van der Waals surface area contributed by atoms with E-state index in [4.69, 9.17) is 9.84 Å². The largest absolute Gasteiger partial charge is 0.485 e. The van der Waals surface area contributed by atoms with Crippen LogP contribution in [0.15, 0.2) is 24.3 Å². The second kappa shape index (κ2) is 6.28. The summed E-state index contributed by atoms with van der Waals surface area (Å²) in [5.74, 6) is 0.707. The van der Waals surface area contributed by atoms with Crippen molar-refractivity contribution in [3.63, 3.8) is 0 Å². The van der Waals surface area contributed by atoms with Gasteiger partial charge in [-0.25, -0.2) is 0 Å². The van der Waals surface area contributed by atoms with Crippen LogP contribution in [0.25, 0.3) is 0 Å². The van der Waals surface area contributed by atoms with E-state index in [1.165, 1.54) is 0 Å². The molecule has 0 bridgehead atoms. The number of rotatable bonds is 6. The Balaban J connectivity index is 2.57. The van der Waals surface area contributed by atoms with Gasteiger partial charge in [-0.05, 0) is 12.5 Å².